The van der Waals surface area contributed by atoms with Crippen LogP contribution in [0, 0.1) is 5.82 Å². The standard InChI is InChI=1S/C19H26BrFN8O4S/c1-34(31,32)29-19(25-12-5-3-2-4-6-12)23-10-9-22-17-16(27-33-28-17)18(26-30)24-13-7-8-15(21)14(20)11-13/h7-8,11-12,30H,2-6,9-10H2,1H3,(H,22,28)(H,24,26)(H2,23,25,29). The molecule has 34 heavy (non-hydrogen) atoms. The third-order valence-electron chi connectivity index (χ3n) is 4.87. The maximum Gasteiger partial charge on any atom is 0.232 e. The fraction of sp³-hybridized carbons (Fsp3) is 0.474. The van der Waals surface area contributed by atoms with Gasteiger partial charge < -0.3 is 10.6 Å². The third-order valence-corrected chi connectivity index (χ3v) is 6.04. The third kappa shape index (κ3) is 7.92. The van der Waals surface area contributed by atoms with Crippen molar-refractivity contribution < 1.29 is 22.6 Å². The van der Waals surface area contributed by atoms with Crippen molar-refractivity contribution in [3.05, 3.63) is 34.2 Å². The molecule has 186 valence electrons. The average Bonchev–Trinajstić information content (AvgIpc) is 3.25. The highest BCUT2D eigenvalue weighted by Gasteiger charge is 2.18. The van der Waals surface area contributed by atoms with Gasteiger partial charge in [0.15, 0.2) is 11.5 Å². The van der Waals surface area contributed by atoms with Gasteiger partial charge in [-0.15, -0.1) is 0 Å². The summed E-state index contributed by atoms with van der Waals surface area (Å²) in [5.74, 6) is -0.166. The number of sulfonamides is 1. The van der Waals surface area contributed by atoms with E-state index >= 15 is 0 Å². The van der Waals surface area contributed by atoms with Crippen molar-refractivity contribution >= 4 is 49.3 Å². The number of halogens is 2. The van der Waals surface area contributed by atoms with E-state index in [1.165, 1.54) is 24.6 Å². The molecule has 1 aliphatic rings. The summed E-state index contributed by atoms with van der Waals surface area (Å²) in [6, 6.07) is 4.24. The summed E-state index contributed by atoms with van der Waals surface area (Å²) < 4.78 is 44.2. The number of aliphatic imine (C=N–C) groups is 2. The molecule has 0 bridgehead atoms. The monoisotopic (exact) mass is 560 g/mol. The Bertz CT molecular complexity index is 1140. The lowest BCUT2D eigenvalue weighted by molar-refractivity contribution is 0.234. The van der Waals surface area contributed by atoms with Crippen LogP contribution in [-0.2, 0) is 10.0 Å². The second kappa shape index (κ2) is 12.1. The second-order valence-corrected chi connectivity index (χ2v) is 10.2. The van der Waals surface area contributed by atoms with Gasteiger partial charge in [-0.3, -0.25) is 20.4 Å². The number of amidine groups is 1. The van der Waals surface area contributed by atoms with E-state index in [2.05, 4.69) is 51.6 Å². The van der Waals surface area contributed by atoms with Gasteiger partial charge in [0.2, 0.25) is 21.8 Å². The molecule has 1 fully saturated rings. The zero-order valence-corrected chi connectivity index (χ0v) is 20.8. The van der Waals surface area contributed by atoms with Crippen LogP contribution >= 0.6 is 15.9 Å². The minimum absolute atomic E-state index is 0.0795. The van der Waals surface area contributed by atoms with Gasteiger partial charge in [0.05, 0.1) is 23.0 Å². The van der Waals surface area contributed by atoms with Crippen LogP contribution in [0.4, 0.5) is 15.9 Å². The molecule has 1 aliphatic carbocycles. The molecule has 0 radical (unpaired) electrons. The first-order valence-corrected chi connectivity index (χ1v) is 13.2. The van der Waals surface area contributed by atoms with Crippen molar-refractivity contribution in [3.63, 3.8) is 0 Å². The first kappa shape index (κ1) is 25.8. The van der Waals surface area contributed by atoms with Crippen LogP contribution < -0.4 is 20.8 Å². The van der Waals surface area contributed by atoms with Gasteiger partial charge >= 0.3 is 0 Å². The average molecular weight is 561 g/mol. The summed E-state index contributed by atoms with van der Waals surface area (Å²) in [7, 11) is -3.49. The lowest BCUT2D eigenvalue weighted by Crippen LogP contribution is -2.46. The van der Waals surface area contributed by atoms with Crippen molar-refractivity contribution in [1.29, 1.82) is 0 Å². The molecule has 2 aromatic rings. The van der Waals surface area contributed by atoms with Gasteiger partial charge in [-0.05, 0) is 57.3 Å². The van der Waals surface area contributed by atoms with Gasteiger partial charge in [-0.25, -0.2) is 22.4 Å². The van der Waals surface area contributed by atoms with Crippen LogP contribution in [0.2, 0.25) is 0 Å². The van der Waals surface area contributed by atoms with E-state index in [4.69, 9.17) is 4.63 Å². The first-order chi connectivity index (χ1) is 16.2. The summed E-state index contributed by atoms with van der Waals surface area (Å²) >= 11 is 3.08. The molecule has 0 saturated heterocycles. The molecule has 0 amide bonds. The maximum atomic E-state index is 13.4. The van der Waals surface area contributed by atoms with Crippen LogP contribution in [0.15, 0.2) is 37.3 Å². The molecule has 1 heterocycles. The van der Waals surface area contributed by atoms with Crippen LogP contribution in [-0.4, -0.2) is 61.1 Å². The van der Waals surface area contributed by atoms with Gasteiger partial charge in [0, 0.05) is 12.6 Å². The van der Waals surface area contributed by atoms with Crippen LogP contribution in [0.1, 0.15) is 37.8 Å². The molecule has 0 atom stereocenters. The number of guanidine groups is 1. The number of nitrogens with one attached hydrogen (secondary N) is 4. The highest BCUT2D eigenvalue weighted by Crippen LogP contribution is 2.23. The van der Waals surface area contributed by atoms with Crippen molar-refractivity contribution in [1.82, 2.24) is 25.8 Å². The summed E-state index contributed by atoms with van der Waals surface area (Å²) in [4.78, 5) is 8.51. The number of aromatic nitrogens is 2. The van der Waals surface area contributed by atoms with E-state index in [9.17, 15) is 18.0 Å². The molecular formula is C19H26BrFN8O4S. The Hall–Kier alpha value is -2.78. The van der Waals surface area contributed by atoms with Crippen molar-refractivity contribution in [2.24, 2.45) is 9.98 Å². The minimum Gasteiger partial charge on any atom is -0.363 e. The van der Waals surface area contributed by atoms with Gasteiger partial charge in [0.25, 0.3) is 0 Å². The highest BCUT2D eigenvalue weighted by molar-refractivity contribution is 9.10. The molecule has 1 aromatic carbocycles. The van der Waals surface area contributed by atoms with E-state index in [-0.39, 0.29) is 46.9 Å². The van der Waals surface area contributed by atoms with Crippen LogP contribution in [0.3, 0.4) is 0 Å². The summed E-state index contributed by atoms with van der Waals surface area (Å²) in [6.45, 7) is 0.455. The predicted octanol–water partition coefficient (Wildman–Crippen LogP) is 2.27. The smallest absolute Gasteiger partial charge is 0.232 e. The molecule has 0 spiro atoms. The van der Waals surface area contributed by atoms with Crippen molar-refractivity contribution in [2.45, 2.75) is 38.1 Å². The number of hydrogen-bond acceptors (Lipinski definition) is 9. The minimum atomic E-state index is -3.49. The largest absolute Gasteiger partial charge is 0.363 e. The SMILES string of the molecule is CS(=O)(=O)NC(=NCCNc1nonc1C(=Nc1ccc(F)c(Br)c1)NO)NC1CCCCC1. The normalized spacial score (nSPS) is 15.8. The van der Waals surface area contributed by atoms with E-state index in [0.717, 1.165) is 31.9 Å². The molecule has 1 saturated carbocycles. The van der Waals surface area contributed by atoms with Crippen LogP contribution in [0.25, 0.3) is 0 Å². The Morgan fingerprint density at radius 3 is 2.74 bits per heavy atom. The Labute approximate surface area is 204 Å². The lowest BCUT2D eigenvalue weighted by Gasteiger charge is -2.24. The fourth-order valence-corrected chi connectivity index (χ4v) is 4.18. The molecule has 15 heteroatoms. The van der Waals surface area contributed by atoms with Gasteiger partial charge in [-0.1, -0.05) is 19.3 Å². The molecular weight excluding hydrogens is 535 g/mol. The quantitative estimate of drug-likeness (QED) is 0.141. The fourth-order valence-electron chi connectivity index (χ4n) is 3.34. The van der Waals surface area contributed by atoms with E-state index < -0.39 is 15.8 Å². The summed E-state index contributed by atoms with van der Waals surface area (Å²) in [5.41, 5.74) is 2.36. The first-order valence-electron chi connectivity index (χ1n) is 10.5. The highest BCUT2D eigenvalue weighted by atomic mass is 79.9. The zero-order valence-electron chi connectivity index (χ0n) is 18.4. The number of nitrogens with zero attached hydrogens (tertiary/aromatic N) is 4. The lowest BCUT2D eigenvalue weighted by atomic mass is 9.96. The second-order valence-electron chi connectivity index (χ2n) is 7.64. The Kier molecular flexibility index (Phi) is 9.18. The zero-order chi connectivity index (χ0) is 24.6. The molecule has 0 unspecified atom stereocenters. The molecule has 5 N–H and O–H groups in total. The Morgan fingerprint density at radius 1 is 1.29 bits per heavy atom. The number of anilines is 1. The summed E-state index contributed by atoms with van der Waals surface area (Å²) in [6.07, 6.45) is 6.33. The van der Waals surface area contributed by atoms with Gasteiger partial charge in [-0.2, -0.15) is 0 Å². The molecule has 3 rings (SSSR count). The van der Waals surface area contributed by atoms with E-state index in [0.29, 0.717) is 5.69 Å². The van der Waals surface area contributed by atoms with Crippen molar-refractivity contribution in [3.8, 4) is 0 Å². The topological polar surface area (TPSA) is 166 Å². The Balaban J connectivity index is 1.65. The molecule has 1 aromatic heterocycles. The number of benzene rings is 1. The number of hydrogen-bond donors (Lipinski definition) is 5. The van der Waals surface area contributed by atoms with E-state index in [1.54, 1.807) is 0 Å². The predicted molar refractivity (Wildman–Crippen MR) is 128 cm³/mol. The number of rotatable bonds is 8. The van der Waals surface area contributed by atoms with Gasteiger partial charge in [0.1, 0.15) is 5.82 Å². The summed E-state index contributed by atoms with van der Waals surface area (Å²) in [5, 5.41) is 23.1. The molecule has 12 nitrogen and oxygen atoms in total. The van der Waals surface area contributed by atoms with E-state index in [1.807, 2.05) is 5.48 Å². The molecule has 0 aliphatic heterocycles. The number of hydroxylamine groups is 1. The van der Waals surface area contributed by atoms with Crippen molar-refractivity contribution in [2.75, 3.05) is 24.7 Å². The van der Waals surface area contributed by atoms with Crippen LogP contribution in [0.5, 0.6) is 0 Å². The Morgan fingerprint density at radius 2 is 2.06 bits per heavy atom. The maximum absolute atomic E-state index is 13.4.